The van der Waals surface area contributed by atoms with Gasteiger partial charge in [0.05, 0.1) is 5.56 Å². The zero-order valence-electron chi connectivity index (χ0n) is 9.72. The van der Waals surface area contributed by atoms with Crippen LogP contribution in [0.2, 0.25) is 0 Å². The molecular formula is C13H16F3N. The van der Waals surface area contributed by atoms with Crippen molar-refractivity contribution in [2.45, 2.75) is 19.0 Å². The van der Waals surface area contributed by atoms with Gasteiger partial charge >= 0.3 is 6.18 Å². The van der Waals surface area contributed by atoms with E-state index in [1.165, 1.54) is 12.1 Å². The first-order valence-corrected chi connectivity index (χ1v) is 5.50. The van der Waals surface area contributed by atoms with Crippen LogP contribution in [0.5, 0.6) is 0 Å². The van der Waals surface area contributed by atoms with E-state index in [9.17, 15) is 13.2 Å². The van der Waals surface area contributed by atoms with E-state index in [1.54, 1.807) is 12.1 Å². The van der Waals surface area contributed by atoms with Gasteiger partial charge in [0, 0.05) is 0 Å². The maximum Gasteiger partial charge on any atom is 0.416 e. The van der Waals surface area contributed by atoms with Gasteiger partial charge in [-0.15, -0.1) is 0 Å². The molecule has 0 aliphatic carbocycles. The molecule has 0 aliphatic heterocycles. The topological polar surface area (TPSA) is 12.0 Å². The first kappa shape index (κ1) is 13.8. The lowest BCUT2D eigenvalue weighted by atomic mass is 10.0. The van der Waals surface area contributed by atoms with Crippen molar-refractivity contribution in [2.75, 3.05) is 13.6 Å². The largest absolute Gasteiger partial charge is 0.416 e. The lowest BCUT2D eigenvalue weighted by molar-refractivity contribution is -0.138. The van der Waals surface area contributed by atoms with Crippen LogP contribution in [-0.2, 0) is 12.6 Å². The van der Waals surface area contributed by atoms with Gasteiger partial charge in [-0.25, -0.2) is 0 Å². The monoisotopic (exact) mass is 243 g/mol. The van der Waals surface area contributed by atoms with Gasteiger partial charge in [-0.2, -0.15) is 13.2 Å². The van der Waals surface area contributed by atoms with Crippen molar-refractivity contribution in [2.24, 2.45) is 0 Å². The Morgan fingerprint density at radius 1 is 1.18 bits per heavy atom. The third-order valence-electron chi connectivity index (χ3n) is 2.39. The van der Waals surface area contributed by atoms with Crippen molar-refractivity contribution < 1.29 is 13.2 Å². The van der Waals surface area contributed by atoms with Crippen molar-refractivity contribution in [3.63, 3.8) is 0 Å². The molecule has 0 unspecified atom stereocenters. The summed E-state index contributed by atoms with van der Waals surface area (Å²) in [5, 5.41) is 2.97. The number of hydrogen-bond donors (Lipinski definition) is 1. The SMILES string of the molecule is CNCC/C=C\Cc1ccccc1C(F)(F)F. The number of allylic oxidation sites excluding steroid dienone is 1. The Labute approximate surface area is 99.3 Å². The average Bonchev–Trinajstić information content (AvgIpc) is 2.28. The summed E-state index contributed by atoms with van der Waals surface area (Å²) < 4.78 is 37.9. The van der Waals surface area contributed by atoms with Crippen LogP contribution in [0.4, 0.5) is 13.2 Å². The molecule has 0 radical (unpaired) electrons. The highest BCUT2D eigenvalue weighted by atomic mass is 19.4. The van der Waals surface area contributed by atoms with Gasteiger partial charge in [0.1, 0.15) is 0 Å². The fourth-order valence-corrected chi connectivity index (χ4v) is 1.53. The standard InChI is InChI=1S/C13H16F3N/c1-17-10-6-2-3-7-11-8-4-5-9-12(11)13(14,15)16/h2-5,8-9,17H,6-7,10H2,1H3/b3-2-. The molecule has 1 nitrogen and oxygen atoms in total. The van der Waals surface area contributed by atoms with Crippen molar-refractivity contribution in [3.05, 3.63) is 47.5 Å². The summed E-state index contributed by atoms with van der Waals surface area (Å²) in [7, 11) is 1.84. The van der Waals surface area contributed by atoms with Crippen LogP contribution in [0.15, 0.2) is 36.4 Å². The van der Waals surface area contributed by atoms with Crippen LogP contribution in [0.3, 0.4) is 0 Å². The Hall–Kier alpha value is -1.29. The normalized spacial score (nSPS) is 12.2. The molecule has 0 heterocycles. The highest BCUT2D eigenvalue weighted by Gasteiger charge is 2.32. The molecule has 0 spiro atoms. The van der Waals surface area contributed by atoms with E-state index in [2.05, 4.69) is 5.32 Å². The number of alkyl halides is 3. The molecule has 0 bridgehead atoms. The summed E-state index contributed by atoms with van der Waals surface area (Å²) in [6.45, 7) is 0.831. The van der Waals surface area contributed by atoms with Gasteiger partial charge in [-0.1, -0.05) is 30.4 Å². The van der Waals surface area contributed by atoms with Gasteiger partial charge in [0.2, 0.25) is 0 Å². The van der Waals surface area contributed by atoms with E-state index in [-0.39, 0.29) is 0 Å². The smallest absolute Gasteiger partial charge is 0.319 e. The fraction of sp³-hybridized carbons (Fsp3) is 0.385. The highest BCUT2D eigenvalue weighted by molar-refractivity contribution is 5.31. The van der Waals surface area contributed by atoms with Crippen molar-refractivity contribution in [3.8, 4) is 0 Å². The van der Waals surface area contributed by atoms with Crippen molar-refractivity contribution in [1.82, 2.24) is 5.32 Å². The lowest BCUT2D eigenvalue weighted by Gasteiger charge is -2.10. The second-order valence-electron chi connectivity index (χ2n) is 3.72. The number of rotatable bonds is 5. The Balaban J connectivity index is 2.68. The highest BCUT2D eigenvalue weighted by Crippen LogP contribution is 2.32. The maximum atomic E-state index is 12.6. The predicted molar refractivity (Wildman–Crippen MR) is 62.8 cm³/mol. The molecule has 1 rings (SSSR count). The molecule has 4 heteroatoms. The van der Waals surface area contributed by atoms with E-state index in [4.69, 9.17) is 0 Å². The van der Waals surface area contributed by atoms with Crippen LogP contribution in [0.25, 0.3) is 0 Å². The van der Waals surface area contributed by atoms with Gasteiger partial charge in [0.25, 0.3) is 0 Å². The molecule has 0 aliphatic rings. The molecule has 0 amide bonds. The zero-order valence-corrected chi connectivity index (χ0v) is 9.72. The Morgan fingerprint density at radius 3 is 2.53 bits per heavy atom. The first-order chi connectivity index (χ1) is 8.05. The van der Waals surface area contributed by atoms with Crippen LogP contribution in [-0.4, -0.2) is 13.6 Å². The molecule has 94 valence electrons. The van der Waals surface area contributed by atoms with E-state index in [0.717, 1.165) is 19.0 Å². The maximum absolute atomic E-state index is 12.6. The Morgan fingerprint density at radius 2 is 1.88 bits per heavy atom. The third-order valence-corrected chi connectivity index (χ3v) is 2.39. The number of benzene rings is 1. The quantitative estimate of drug-likeness (QED) is 0.617. The Kier molecular flexibility index (Phi) is 5.22. The average molecular weight is 243 g/mol. The first-order valence-electron chi connectivity index (χ1n) is 5.50. The molecular weight excluding hydrogens is 227 g/mol. The van der Waals surface area contributed by atoms with Gasteiger partial charge < -0.3 is 5.32 Å². The summed E-state index contributed by atoms with van der Waals surface area (Å²) in [4.78, 5) is 0. The van der Waals surface area contributed by atoms with Crippen LogP contribution < -0.4 is 5.32 Å². The summed E-state index contributed by atoms with van der Waals surface area (Å²) >= 11 is 0. The molecule has 1 N–H and O–H groups in total. The second kappa shape index (κ2) is 6.45. The minimum atomic E-state index is -4.27. The summed E-state index contributed by atoms with van der Waals surface area (Å²) in [6.07, 6.45) is 0.547. The van der Waals surface area contributed by atoms with E-state index >= 15 is 0 Å². The van der Waals surface area contributed by atoms with Crippen LogP contribution in [0.1, 0.15) is 17.5 Å². The molecule has 0 saturated carbocycles. The summed E-state index contributed by atoms with van der Waals surface area (Å²) in [6, 6.07) is 5.69. The van der Waals surface area contributed by atoms with E-state index in [0.29, 0.717) is 12.0 Å². The minimum Gasteiger partial charge on any atom is -0.319 e. The molecule has 0 saturated heterocycles. The van der Waals surface area contributed by atoms with E-state index in [1.807, 2.05) is 13.1 Å². The minimum absolute atomic E-state index is 0.319. The Bertz CT molecular complexity index is 369. The molecule has 0 atom stereocenters. The fourth-order valence-electron chi connectivity index (χ4n) is 1.53. The van der Waals surface area contributed by atoms with Crippen LogP contribution in [0, 0.1) is 0 Å². The van der Waals surface area contributed by atoms with Crippen molar-refractivity contribution >= 4 is 0 Å². The molecule has 0 fully saturated rings. The third kappa shape index (κ3) is 4.61. The molecule has 17 heavy (non-hydrogen) atoms. The zero-order chi connectivity index (χ0) is 12.7. The van der Waals surface area contributed by atoms with Gasteiger partial charge in [0.15, 0.2) is 0 Å². The summed E-state index contributed by atoms with van der Waals surface area (Å²) in [5.74, 6) is 0. The second-order valence-corrected chi connectivity index (χ2v) is 3.72. The van der Waals surface area contributed by atoms with Crippen molar-refractivity contribution in [1.29, 1.82) is 0 Å². The number of halogens is 3. The number of hydrogen-bond acceptors (Lipinski definition) is 1. The summed E-state index contributed by atoms with van der Waals surface area (Å²) in [5.41, 5.74) is -0.223. The van der Waals surface area contributed by atoms with Gasteiger partial charge in [-0.3, -0.25) is 0 Å². The molecule has 1 aromatic carbocycles. The molecule has 0 aromatic heterocycles. The van der Waals surface area contributed by atoms with Crippen LogP contribution >= 0.6 is 0 Å². The lowest BCUT2D eigenvalue weighted by Crippen LogP contribution is -2.08. The number of nitrogens with one attached hydrogen (secondary N) is 1. The molecule has 1 aromatic rings. The van der Waals surface area contributed by atoms with E-state index < -0.39 is 11.7 Å². The predicted octanol–water partition coefficient (Wildman–Crippen LogP) is 3.41. The van der Waals surface area contributed by atoms with Gasteiger partial charge in [-0.05, 0) is 38.1 Å².